The van der Waals surface area contributed by atoms with E-state index < -0.39 is 23.7 Å². The smallest absolute Gasteiger partial charge is 0.369 e. The number of ether oxygens (including phenoxy) is 3. The predicted octanol–water partition coefficient (Wildman–Crippen LogP) is 0.677. The summed E-state index contributed by atoms with van der Waals surface area (Å²) in [5.74, 6) is -5.07. The average Bonchev–Trinajstić information content (AvgIpc) is 2.37. The second-order valence-corrected chi connectivity index (χ2v) is 4.26. The van der Waals surface area contributed by atoms with Crippen LogP contribution in [0.15, 0.2) is 0 Å². The molecule has 3 unspecified atom stereocenters. The van der Waals surface area contributed by atoms with Crippen LogP contribution in [0.1, 0.15) is 20.3 Å². The van der Waals surface area contributed by atoms with E-state index in [2.05, 4.69) is 4.74 Å². The molecule has 2 aliphatic rings. The number of rotatable bonds is 1. The summed E-state index contributed by atoms with van der Waals surface area (Å²) in [6, 6.07) is 0. The first-order valence-corrected chi connectivity index (χ1v) is 4.74. The van der Waals surface area contributed by atoms with Crippen molar-refractivity contribution in [2.45, 2.75) is 44.1 Å². The van der Waals surface area contributed by atoms with Crippen LogP contribution in [-0.2, 0) is 19.0 Å². The Labute approximate surface area is 86.1 Å². The summed E-state index contributed by atoms with van der Waals surface area (Å²) in [7, 11) is 0. The zero-order valence-electron chi connectivity index (χ0n) is 8.53. The lowest BCUT2D eigenvalue weighted by Crippen LogP contribution is -2.49. The first-order valence-electron chi connectivity index (χ1n) is 4.74. The molecule has 2 heterocycles. The minimum absolute atomic E-state index is 0.100. The van der Waals surface area contributed by atoms with E-state index in [4.69, 9.17) is 14.6 Å². The predicted molar refractivity (Wildman–Crippen MR) is 45.9 cm³/mol. The summed E-state index contributed by atoms with van der Waals surface area (Å²) in [6.45, 7) is 3.30. The first kappa shape index (κ1) is 10.8. The number of alkyl halides is 1. The van der Waals surface area contributed by atoms with E-state index in [0.29, 0.717) is 0 Å². The van der Waals surface area contributed by atoms with Crippen molar-refractivity contribution in [1.82, 2.24) is 0 Å². The summed E-state index contributed by atoms with van der Waals surface area (Å²) >= 11 is 0. The van der Waals surface area contributed by atoms with Crippen LogP contribution in [0.4, 0.5) is 4.39 Å². The monoisotopic (exact) mass is 220 g/mol. The van der Waals surface area contributed by atoms with Crippen LogP contribution in [0.2, 0.25) is 0 Å². The molecule has 0 aromatic carbocycles. The average molecular weight is 220 g/mol. The van der Waals surface area contributed by atoms with E-state index in [9.17, 15) is 9.18 Å². The molecule has 6 heteroatoms. The molecule has 3 atom stereocenters. The standard InChI is InChI=1S/C9H13FO5/c1-8(2)14-5-3-9(10,7(11)12)13-4-6(5)15-8/h5-6H,3-4H2,1-2H3,(H,11,12). The third-order valence-electron chi connectivity index (χ3n) is 2.54. The number of carboxylic acid groups (broad SMARTS) is 1. The lowest BCUT2D eigenvalue weighted by atomic mass is 10.0. The van der Waals surface area contributed by atoms with Crippen LogP contribution in [0, 0.1) is 0 Å². The van der Waals surface area contributed by atoms with Crippen molar-refractivity contribution in [2.75, 3.05) is 6.61 Å². The van der Waals surface area contributed by atoms with Crippen molar-refractivity contribution in [1.29, 1.82) is 0 Å². The molecule has 0 saturated carbocycles. The highest BCUT2D eigenvalue weighted by atomic mass is 19.2. The molecular formula is C9H13FO5. The van der Waals surface area contributed by atoms with Crippen LogP contribution in [-0.4, -0.2) is 41.5 Å². The molecule has 2 aliphatic heterocycles. The molecule has 2 rings (SSSR count). The Morgan fingerprint density at radius 3 is 2.60 bits per heavy atom. The van der Waals surface area contributed by atoms with Crippen molar-refractivity contribution < 1.29 is 28.5 Å². The molecule has 86 valence electrons. The van der Waals surface area contributed by atoms with Gasteiger partial charge in [0, 0.05) is 6.42 Å². The minimum Gasteiger partial charge on any atom is -0.477 e. The van der Waals surface area contributed by atoms with E-state index in [1.807, 2.05) is 0 Å². The van der Waals surface area contributed by atoms with Gasteiger partial charge in [-0.3, -0.25) is 0 Å². The number of hydrogen-bond donors (Lipinski definition) is 1. The summed E-state index contributed by atoms with van der Waals surface area (Å²) in [6.07, 6.45) is -1.28. The Balaban J connectivity index is 2.10. The van der Waals surface area contributed by atoms with Gasteiger partial charge in [0.1, 0.15) is 6.10 Å². The van der Waals surface area contributed by atoms with Gasteiger partial charge in [-0.15, -0.1) is 0 Å². The van der Waals surface area contributed by atoms with Gasteiger partial charge in [-0.25, -0.2) is 4.79 Å². The molecular weight excluding hydrogens is 207 g/mol. The maximum atomic E-state index is 13.6. The number of halogens is 1. The second kappa shape index (κ2) is 3.13. The maximum Gasteiger partial charge on any atom is 0.369 e. The SMILES string of the molecule is CC1(C)OC2COC(F)(C(=O)O)CC2O1. The van der Waals surface area contributed by atoms with Crippen LogP contribution >= 0.6 is 0 Å². The van der Waals surface area contributed by atoms with Gasteiger partial charge in [-0.05, 0) is 13.8 Å². The van der Waals surface area contributed by atoms with Gasteiger partial charge in [0.25, 0.3) is 0 Å². The van der Waals surface area contributed by atoms with Crippen LogP contribution in [0.25, 0.3) is 0 Å². The zero-order valence-corrected chi connectivity index (χ0v) is 8.53. The topological polar surface area (TPSA) is 65.0 Å². The molecule has 0 aliphatic carbocycles. The summed E-state index contributed by atoms with van der Waals surface area (Å²) in [5, 5.41) is 8.65. The maximum absolute atomic E-state index is 13.6. The summed E-state index contributed by atoms with van der Waals surface area (Å²) in [4.78, 5) is 10.6. The van der Waals surface area contributed by atoms with E-state index in [0.717, 1.165) is 0 Å². The number of aliphatic carboxylic acids is 1. The molecule has 0 aromatic rings. The Morgan fingerprint density at radius 2 is 2.00 bits per heavy atom. The van der Waals surface area contributed by atoms with Crippen molar-refractivity contribution in [2.24, 2.45) is 0 Å². The fraction of sp³-hybridized carbons (Fsp3) is 0.889. The quantitative estimate of drug-likeness (QED) is 0.703. The van der Waals surface area contributed by atoms with E-state index in [1.165, 1.54) is 0 Å². The van der Waals surface area contributed by atoms with Gasteiger partial charge in [0.2, 0.25) is 0 Å². The highest BCUT2D eigenvalue weighted by molar-refractivity contribution is 5.75. The van der Waals surface area contributed by atoms with Gasteiger partial charge in [-0.2, -0.15) is 4.39 Å². The molecule has 0 spiro atoms. The van der Waals surface area contributed by atoms with Crippen molar-refractivity contribution >= 4 is 5.97 Å². The number of fused-ring (bicyclic) bond motifs is 1. The first-order chi connectivity index (χ1) is 6.82. The molecule has 1 N–H and O–H groups in total. The van der Waals surface area contributed by atoms with Gasteiger partial charge in [0.05, 0.1) is 12.7 Å². The van der Waals surface area contributed by atoms with Gasteiger partial charge >= 0.3 is 11.8 Å². The molecule has 5 nitrogen and oxygen atoms in total. The molecule has 2 fully saturated rings. The highest BCUT2D eigenvalue weighted by Gasteiger charge is 2.54. The number of carboxylic acids is 1. The molecule has 0 radical (unpaired) electrons. The second-order valence-electron chi connectivity index (χ2n) is 4.26. The lowest BCUT2D eigenvalue weighted by molar-refractivity contribution is -0.224. The van der Waals surface area contributed by atoms with Crippen LogP contribution < -0.4 is 0 Å². The Kier molecular flexibility index (Phi) is 2.25. The lowest BCUT2D eigenvalue weighted by Gasteiger charge is -2.31. The van der Waals surface area contributed by atoms with Gasteiger partial charge in [-0.1, -0.05) is 0 Å². The Bertz CT molecular complexity index is 292. The van der Waals surface area contributed by atoms with Crippen molar-refractivity contribution in [3.05, 3.63) is 0 Å². The van der Waals surface area contributed by atoms with Crippen LogP contribution in [0.3, 0.4) is 0 Å². The fourth-order valence-corrected chi connectivity index (χ4v) is 1.90. The normalized spacial score (nSPS) is 43.7. The molecule has 0 amide bonds. The summed E-state index contributed by atoms with van der Waals surface area (Å²) in [5.41, 5.74) is 0. The molecule has 0 aromatic heterocycles. The van der Waals surface area contributed by atoms with Crippen molar-refractivity contribution in [3.8, 4) is 0 Å². The zero-order chi connectivity index (χ0) is 11.3. The third kappa shape index (κ3) is 1.84. The Hall–Kier alpha value is -0.720. The minimum atomic E-state index is -2.65. The van der Waals surface area contributed by atoms with E-state index in [-0.39, 0.29) is 19.1 Å². The molecule has 0 bridgehead atoms. The summed E-state index contributed by atoms with van der Waals surface area (Å²) < 4.78 is 29.1. The van der Waals surface area contributed by atoms with Crippen molar-refractivity contribution in [3.63, 3.8) is 0 Å². The fourth-order valence-electron chi connectivity index (χ4n) is 1.90. The van der Waals surface area contributed by atoms with Gasteiger partial charge in [0.15, 0.2) is 5.79 Å². The van der Waals surface area contributed by atoms with Crippen LogP contribution in [0.5, 0.6) is 0 Å². The van der Waals surface area contributed by atoms with E-state index >= 15 is 0 Å². The largest absolute Gasteiger partial charge is 0.477 e. The third-order valence-corrected chi connectivity index (χ3v) is 2.54. The highest BCUT2D eigenvalue weighted by Crippen LogP contribution is 2.38. The van der Waals surface area contributed by atoms with E-state index in [1.54, 1.807) is 13.8 Å². The number of carbonyl (C=O) groups is 1. The van der Waals surface area contributed by atoms with Gasteiger partial charge < -0.3 is 19.3 Å². The molecule has 2 saturated heterocycles. The Morgan fingerprint density at radius 1 is 1.40 bits per heavy atom. The number of hydrogen-bond acceptors (Lipinski definition) is 4. The molecule has 15 heavy (non-hydrogen) atoms.